The van der Waals surface area contributed by atoms with Gasteiger partial charge in [0.05, 0.1) is 5.84 Å². The van der Waals surface area contributed by atoms with Crippen LogP contribution in [0, 0.1) is 5.41 Å². The van der Waals surface area contributed by atoms with Crippen LogP contribution >= 0.6 is 0 Å². The Morgan fingerprint density at radius 3 is 2.18 bits per heavy atom. The number of hydrogen-bond donors (Lipinski definition) is 1. The maximum absolute atomic E-state index is 5.78. The van der Waals surface area contributed by atoms with Crippen molar-refractivity contribution in [2.24, 2.45) is 16.1 Å². The number of amidine groups is 1. The maximum atomic E-state index is 5.78. The number of nitrogens with zero attached hydrogens (tertiary/aromatic N) is 1. The molecule has 0 saturated carbocycles. The van der Waals surface area contributed by atoms with Crippen LogP contribution in [-0.4, -0.2) is 11.9 Å². The van der Waals surface area contributed by atoms with Crippen LogP contribution in [0.5, 0.6) is 0 Å². The van der Waals surface area contributed by atoms with E-state index in [1.807, 2.05) is 0 Å². The standard InChI is InChI=1S/C9H20N2/c1-6-7(2)11-8(10)9(3,4)5/h7H,6H2,1-5H3,(H2,10,11). The Hall–Kier alpha value is -0.530. The second-order valence-electron chi connectivity index (χ2n) is 4.02. The molecule has 11 heavy (non-hydrogen) atoms. The second-order valence-corrected chi connectivity index (χ2v) is 4.02. The van der Waals surface area contributed by atoms with Gasteiger partial charge in [-0.3, -0.25) is 4.99 Å². The third-order valence-electron chi connectivity index (χ3n) is 1.72. The molecule has 0 radical (unpaired) electrons. The molecule has 0 bridgehead atoms. The van der Waals surface area contributed by atoms with Gasteiger partial charge in [0.25, 0.3) is 0 Å². The average Bonchev–Trinajstić information content (AvgIpc) is 1.85. The Morgan fingerprint density at radius 2 is 1.91 bits per heavy atom. The van der Waals surface area contributed by atoms with E-state index in [1.54, 1.807) is 0 Å². The molecular weight excluding hydrogens is 136 g/mol. The second kappa shape index (κ2) is 3.74. The van der Waals surface area contributed by atoms with Gasteiger partial charge in [0.15, 0.2) is 0 Å². The van der Waals surface area contributed by atoms with Crippen molar-refractivity contribution < 1.29 is 0 Å². The largest absolute Gasteiger partial charge is 0.387 e. The molecule has 0 aromatic carbocycles. The fourth-order valence-electron chi connectivity index (χ4n) is 0.522. The summed E-state index contributed by atoms with van der Waals surface area (Å²) in [6.45, 7) is 10.4. The van der Waals surface area contributed by atoms with E-state index in [0.717, 1.165) is 12.3 Å². The predicted octanol–water partition coefficient (Wildman–Crippen LogP) is 2.19. The van der Waals surface area contributed by atoms with Gasteiger partial charge in [-0.1, -0.05) is 27.7 Å². The first-order valence-corrected chi connectivity index (χ1v) is 4.21. The molecule has 2 nitrogen and oxygen atoms in total. The summed E-state index contributed by atoms with van der Waals surface area (Å²) >= 11 is 0. The molecule has 0 rings (SSSR count). The summed E-state index contributed by atoms with van der Waals surface area (Å²) in [6, 6.07) is 0.356. The highest BCUT2D eigenvalue weighted by molar-refractivity contribution is 5.85. The van der Waals surface area contributed by atoms with E-state index in [4.69, 9.17) is 5.73 Å². The molecule has 0 aliphatic heterocycles. The Labute approximate surface area is 69.9 Å². The van der Waals surface area contributed by atoms with Crippen molar-refractivity contribution in [3.05, 3.63) is 0 Å². The third kappa shape index (κ3) is 4.02. The summed E-state index contributed by atoms with van der Waals surface area (Å²) in [6.07, 6.45) is 1.05. The summed E-state index contributed by atoms with van der Waals surface area (Å²) < 4.78 is 0. The molecule has 0 aromatic rings. The first-order valence-electron chi connectivity index (χ1n) is 4.21. The van der Waals surface area contributed by atoms with E-state index < -0.39 is 0 Å². The first-order chi connectivity index (χ1) is 4.88. The Morgan fingerprint density at radius 1 is 1.45 bits per heavy atom. The maximum Gasteiger partial charge on any atom is 0.0994 e. The van der Waals surface area contributed by atoms with Gasteiger partial charge in [0.2, 0.25) is 0 Å². The molecule has 0 aliphatic rings. The normalized spacial score (nSPS) is 16.6. The lowest BCUT2D eigenvalue weighted by atomic mass is 9.95. The van der Waals surface area contributed by atoms with Crippen molar-refractivity contribution >= 4 is 5.84 Å². The summed E-state index contributed by atoms with van der Waals surface area (Å²) in [5, 5.41) is 0. The van der Waals surface area contributed by atoms with Crippen LogP contribution in [0.3, 0.4) is 0 Å². The molecule has 0 aliphatic carbocycles. The van der Waals surface area contributed by atoms with Gasteiger partial charge in [-0.05, 0) is 13.3 Å². The van der Waals surface area contributed by atoms with Crippen molar-refractivity contribution in [2.45, 2.75) is 47.1 Å². The molecular formula is C9H20N2. The molecule has 2 N–H and O–H groups in total. The van der Waals surface area contributed by atoms with Crippen molar-refractivity contribution in [3.63, 3.8) is 0 Å². The summed E-state index contributed by atoms with van der Waals surface area (Å²) in [5.41, 5.74) is 5.79. The van der Waals surface area contributed by atoms with Gasteiger partial charge in [-0.15, -0.1) is 0 Å². The molecule has 66 valence electrons. The minimum atomic E-state index is 0.0173. The number of aliphatic imine (C=N–C) groups is 1. The minimum Gasteiger partial charge on any atom is -0.387 e. The van der Waals surface area contributed by atoms with Crippen molar-refractivity contribution in [2.75, 3.05) is 0 Å². The fourth-order valence-corrected chi connectivity index (χ4v) is 0.522. The summed E-state index contributed by atoms with van der Waals surface area (Å²) in [7, 11) is 0. The van der Waals surface area contributed by atoms with E-state index in [1.165, 1.54) is 0 Å². The van der Waals surface area contributed by atoms with Crippen molar-refractivity contribution in [3.8, 4) is 0 Å². The van der Waals surface area contributed by atoms with E-state index in [9.17, 15) is 0 Å². The quantitative estimate of drug-likeness (QED) is 0.483. The van der Waals surface area contributed by atoms with Gasteiger partial charge >= 0.3 is 0 Å². The highest BCUT2D eigenvalue weighted by Crippen LogP contribution is 2.13. The molecule has 1 atom stereocenters. The molecule has 0 amide bonds. The van der Waals surface area contributed by atoms with Gasteiger partial charge < -0.3 is 5.73 Å². The highest BCUT2D eigenvalue weighted by atomic mass is 14.9. The number of rotatable bonds is 2. The van der Waals surface area contributed by atoms with Crippen LogP contribution in [-0.2, 0) is 0 Å². The molecule has 0 fully saturated rings. The van der Waals surface area contributed by atoms with Gasteiger partial charge in [-0.25, -0.2) is 0 Å². The van der Waals surface area contributed by atoms with Crippen molar-refractivity contribution in [1.29, 1.82) is 0 Å². The Bertz CT molecular complexity index is 142. The van der Waals surface area contributed by atoms with Crippen LogP contribution < -0.4 is 5.73 Å². The van der Waals surface area contributed by atoms with Gasteiger partial charge in [0.1, 0.15) is 0 Å². The number of nitrogens with two attached hydrogens (primary N) is 1. The van der Waals surface area contributed by atoms with Crippen LogP contribution in [0.2, 0.25) is 0 Å². The summed E-state index contributed by atoms with van der Waals surface area (Å²) in [4.78, 5) is 4.36. The zero-order chi connectivity index (χ0) is 9.07. The fraction of sp³-hybridized carbons (Fsp3) is 0.889. The zero-order valence-corrected chi connectivity index (χ0v) is 8.31. The molecule has 2 heteroatoms. The first kappa shape index (κ1) is 10.5. The smallest absolute Gasteiger partial charge is 0.0994 e. The lowest BCUT2D eigenvalue weighted by Crippen LogP contribution is -2.30. The molecule has 0 spiro atoms. The zero-order valence-electron chi connectivity index (χ0n) is 8.31. The molecule has 1 unspecified atom stereocenters. The molecule has 0 aromatic heterocycles. The SMILES string of the molecule is CCC(C)N=C(N)C(C)(C)C. The Kier molecular flexibility index (Phi) is 3.56. The van der Waals surface area contributed by atoms with Crippen LogP contribution in [0.15, 0.2) is 4.99 Å². The van der Waals surface area contributed by atoms with E-state index >= 15 is 0 Å². The van der Waals surface area contributed by atoms with E-state index in [0.29, 0.717) is 6.04 Å². The van der Waals surface area contributed by atoms with Crippen LogP contribution in [0.25, 0.3) is 0 Å². The topological polar surface area (TPSA) is 38.4 Å². The average molecular weight is 156 g/mol. The lowest BCUT2D eigenvalue weighted by Gasteiger charge is -2.18. The number of hydrogen-bond acceptors (Lipinski definition) is 1. The van der Waals surface area contributed by atoms with E-state index in [2.05, 4.69) is 39.6 Å². The molecule has 0 heterocycles. The van der Waals surface area contributed by atoms with Crippen molar-refractivity contribution in [1.82, 2.24) is 0 Å². The highest BCUT2D eigenvalue weighted by Gasteiger charge is 2.15. The third-order valence-corrected chi connectivity index (χ3v) is 1.72. The van der Waals surface area contributed by atoms with E-state index in [-0.39, 0.29) is 5.41 Å². The molecule has 0 saturated heterocycles. The minimum absolute atomic E-state index is 0.0173. The van der Waals surface area contributed by atoms with Crippen LogP contribution in [0.1, 0.15) is 41.0 Å². The lowest BCUT2D eigenvalue weighted by molar-refractivity contribution is 0.571. The van der Waals surface area contributed by atoms with Gasteiger partial charge in [-0.2, -0.15) is 0 Å². The monoisotopic (exact) mass is 156 g/mol. The predicted molar refractivity (Wildman–Crippen MR) is 50.8 cm³/mol. The van der Waals surface area contributed by atoms with Gasteiger partial charge in [0, 0.05) is 11.5 Å². The van der Waals surface area contributed by atoms with Crippen LogP contribution in [0.4, 0.5) is 0 Å². The summed E-state index contributed by atoms with van der Waals surface area (Å²) in [5.74, 6) is 0.756. The Balaban J connectivity index is 4.22.